The minimum Gasteiger partial charge on any atom is -0.444 e. The molecule has 1 fully saturated rings. The van der Waals surface area contributed by atoms with Crippen LogP contribution in [0.15, 0.2) is 23.3 Å². The van der Waals surface area contributed by atoms with E-state index in [1.165, 1.54) is 17.0 Å². The smallest absolute Gasteiger partial charge is 0.414 e. The Kier molecular flexibility index (Phi) is 5.35. The Hall–Kier alpha value is -3.11. The zero-order valence-electron chi connectivity index (χ0n) is 12.1. The molecule has 2 rings (SSSR count). The number of benzene rings is 1. The third-order valence-electron chi connectivity index (χ3n) is 3.03. The van der Waals surface area contributed by atoms with Gasteiger partial charge in [0.2, 0.25) is 0 Å². The molecule has 1 aromatic rings. The van der Waals surface area contributed by atoms with Gasteiger partial charge in [-0.25, -0.2) is 9.18 Å². The first-order valence-electron chi connectivity index (χ1n) is 6.56. The van der Waals surface area contributed by atoms with Gasteiger partial charge in [0.05, 0.1) is 24.3 Å². The van der Waals surface area contributed by atoms with Crippen molar-refractivity contribution >= 4 is 35.0 Å². The van der Waals surface area contributed by atoms with Crippen molar-refractivity contribution in [1.29, 1.82) is 0 Å². The van der Waals surface area contributed by atoms with Crippen molar-refractivity contribution in [3.05, 3.63) is 40.0 Å². The fourth-order valence-electron chi connectivity index (χ4n) is 2.00. The molecule has 2 amide bonds. The van der Waals surface area contributed by atoms with Gasteiger partial charge < -0.3 is 10.5 Å². The van der Waals surface area contributed by atoms with E-state index in [1.807, 2.05) is 0 Å². The number of azide groups is 1. The van der Waals surface area contributed by atoms with E-state index in [1.54, 1.807) is 0 Å². The largest absolute Gasteiger partial charge is 0.444 e. The summed E-state index contributed by atoms with van der Waals surface area (Å²) in [7, 11) is 0. The minimum absolute atomic E-state index is 0.0214. The van der Waals surface area contributed by atoms with Crippen molar-refractivity contribution in [2.45, 2.75) is 6.10 Å². The summed E-state index contributed by atoms with van der Waals surface area (Å²) in [5.74, 6) is -1.63. The molecule has 0 aliphatic carbocycles. The predicted molar refractivity (Wildman–Crippen MR) is 85.4 cm³/mol. The maximum atomic E-state index is 14.1. The Morgan fingerprint density at radius 1 is 1.58 bits per heavy atom. The topological polar surface area (TPSA) is 145 Å². The number of thiocarbonyl (C=S) groups is 1. The Bertz CT molecular complexity index is 737. The normalized spacial score (nSPS) is 16.1. The molecule has 4 N–H and O–H groups in total. The number of anilines is 1. The number of nitrogens with one attached hydrogen (secondary N) is 2. The van der Waals surface area contributed by atoms with Crippen LogP contribution < -0.4 is 21.5 Å². The molecule has 126 valence electrons. The number of amides is 2. The van der Waals surface area contributed by atoms with Gasteiger partial charge in [0.1, 0.15) is 11.9 Å². The lowest BCUT2D eigenvalue weighted by Gasteiger charge is -2.14. The van der Waals surface area contributed by atoms with Gasteiger partial charge in [0, 0.05) is 4.91 Å². The van der Waals surface area contributed by atoms with E-state index in [0.717, 1.165) is 6.07 Å². The second-order valence-electron chi connectivity index (χ2n) is 4.64. The summed E-state index contributed by atoms with van der Waals surface area (Å²) in [5, 5.41) is 3.15. The first kappa shape index (κ1) is 17.2. The molecule has 0 spiro atoms. The summed E-state index contributed by atoms with van der Waals surface area (Å²) in [6.45, 7) is 0.0816. The van der Waals surface area contributed by atoms with Gasteiger partial charge in [-0.2, -0.15) is 0 Å². The molecule has 1 atom stereocenters. The minimum atomic E-state index is -0.846. The Balaban J connectivity index is 2.11. The molecule has 1 heterocycles. The van der Waals surface area contributed by atoms with Gasteiger partial charge in [-0.15, -0.1) is 0 Å². The van der Waals surface area contributed by atoms with Gasteiger partial charge in [-0.1, -0.05) is 5.11 Å². The highest BCUT2D eigenvalue weighted by atomic mass is 32.1. The van der Waals surface area contributed by atoms with Crippen LogP contribution in [0.3, 0.4) is 0 Å². The van der Waals surface area contributed by atoms with Gasteiger partial charge in [0.25, 0.3) is 5.91 Å². The first-order chi connectivity index (χ1) is 11.4. The van der Waals surface area contributed by atoms with E-state index in [9.17, 15) is 14.0 Å². The summed E-state index contributed by atoms with van der Waals surface area (Å²) >= 11 is 4.51. The zero-order chi connectivity index (χ0) is 17.7. The standard InChI is InChI=1S/C12H12FN7O3S/c13-9-3-6(1-2-8(9)10(21)17-18-11(14)24)20-5-7(4-16-19-15)23-12(20)22/h1-3,7H,4-5H2,(H,17,21)(H3,14,18,24)/t7-/m1/s1. The third-order valence-corrected chi connectivity index (χ3v) is 3.13. The number of carbonyl (C=O) groups is 2. The highest BCUT2D eigenvalue weighted by Crippen LogP contribution is 2.24. The van der Waals surface area contributed by atoms with Gasteiger partial charge in [-0.3, -0.25) is 20.5 Å². The summed E-state index contributed by atoms with van der Waals surface area (Å²) in [6, 6.07) is 3.61. The molecular formula is C12H12FN7O3S. The monoisotopic (exact) mass is 353 g/mol. The fourth-order valence-corrected chi connectivity index (χ4v) is 2.05. The van der Waals surface area contributed by atoms with Crippen molar-refractivity contribution < 1.29 is 18.7 Å². The first-order valence-corrected chi connectivity index (χ1v) is 6.97. The Labute approximate surface area is 140 Å². The number of hydrogen-bond acceptors (Lipinski definition) is 5. The molecular weight excluding hydrogens is 341 g/mol. The lowest BCUT2D eigenvalue weighted by molar-refractivity contribution is 0.0940. The number of ether oxygens (including phenoxy) is 1. The van der Waals surface area contributed by atoms with Crippen LogP contribution in [0, 0.1) is 5.82 Å². The molecule has 1 aliphatic heterocycles. The average molecular weight is 353 g/mol. The molecule has 0 bridgehead atoms. The van der Waals surface area contributed by atoms with E-state index in [2.05, 4.69) is 33.1 Å². The highest BCUT2D eigenvalue weighted by molar-refractivity contribution is 7.80. The summed E-state index contributed by atoms with van der Waals surface area (Å²) < 4.78 is 19.1. The van der Waals surface area contributed by atoms with Crippen LogP contribution in [0.1, 0.15) is 10.4 Å². The van der Waals surface area contributed by atoms with E-state index in [-0.39, 0.29) is 29.5 Å². The Morgan fingerprint density at radius 2 is 2.33 bits per heavy atom. The second kappa shape index (κ2) is 7.44. The van der Waals surface area contributed by atoms with Crippen LogP contribution in [-0.2, 0) is 4.74 Å². The number of hydrogen-bond donors (Lipinski definition) is 3. The SMILES string of the molecule is [N-]=[N+]=NC[C@@H]1CN(c2ccc(C(=O)NNC(N)=S)c(F)c2)C(=O)O1. The number of nitrogens with zero attached hydrogens (tertiary/aromatic N) is 4. The van der Waals surface area contributed by atoms with Crippen molar-refractivity contribution in [3.8, 4) is 0 Å². The van der Waals surface area contributed by atoms with E-state index in [0.29, 0.717) is 0 Å². The van der Waals surface area contributed by atoms with Crippen LogP contribution in [0.2, 0.25) is 0 Å². The maximum Gasteiger partial charge on any atom is 0.414 e. The van der Waals surface area contributed by atoms with Gasteiger partial charge in [-0.05, 0) is 35.9 Å². The van der Waals surface area contributed by atoms with Crippen LogP contribution in [0.4, 0.5) is 14.9 Å². The van der Waals surface area contributed by atoms with Crippen molar-refractivity contribution in [3.63, 3.8) is 0 Å². The van der Waals surface area contributed by atoms with Gasteiger partial charge >= 0.3 is 6.09 Å². The maximum absolute atomic E-state index is 14.1. The fraction of sp³-hybridized carbons (Fsp3) is 0.250. The van der Waals surface area contributed by atoms with Crippen LogP contribution in [0.5, 0.6) is 0 Å². The van der Waals surface area contributed by atoms with E-state index in [4.69, 9.17) is 16.0 Å². The van der Waals surface area contributed by atoms with Crippen molar-refractivity contribution in [2.75, 3.05) is 18.0 Å². The van der Waals surface area contributed by atoms with Gasteiger partial charge in [0.15, 0.2) is 5.11 Å². The molecule has 0 radical (unpaired) electrons. The lowest BCUT2D eigenvalue weighted by atomic mass is 10.1. The highest BCUT2D eigenvalue weighted by Gasteiger charge is 2.32. The van der Waals surface area contributed by atoms with E-state index < -0.39 is 23.9 Å². The predicted octanol–water partition coefficient (Wildman–Crippen LogP) is 0.939. The molecule has 1 saturated heterocycles. The van der Waals surface area contributed by atoms with Crippen LogP contribution >= 0.6 is 12.2 Å². The molecule has 0 saturated carbocycles. The number of nitrogens with two attached hydrogens (primary N) is 1. The molecule has 12 heteroatoms. The van der Waals surface area contributed by atoms with E-state index >= 15 is 0 Å². The summed E-state index contributed by atoms with van der Waals surface area (Å²) in [5.41, 5.74) is 17.7. The summed E-state index contributed by atoms with van der Waals surface area (Å²) in [6.07, 6.45) is -1.31. The second-order valence-corrected chi connectivity index (χ2v) is 5.08. The average Bonchev–Trinajstić information content (AvgIpc) is 2.91. The number of carbonyl (C=O) groups excluding carboxylic acids is 2. The zero-order valence-corrected chi connectivity index (χ0v) is 12.9. The van der Waals surface area contributed by atoms with Crippen LogP contribution in [0.25, 0.3) is 10.4 Å². The molecule has 0 aromatic heterocycles. The summed E-state index contributed by atoms with van der Waals surface area (Å²) in [4.78, 5) is 27.3. The number of cyclic esters (lactones) is 1. The molecule has 10 nitrogen and oxygen atoms in total. The number of halogens is 1. The molecule has 1 aromatic carbocycles. The quantitative estimate of drug-likeness (QED) is 0.241. The third kappa shape index (κ3) is 4.00. The molecule has 1 aliphatic rings. The van der Waals surface area contributed by atoms with Crippen molar-refractivity contribution in [2.24, 2.45) is 10.8 Å². The number of rotatable bonds is 4. The van der Waals surface area contributed by atoms with Crippen molar-refractivity contribution in [1.82, 2.24) is 10.9 Å². The molecule has 0 unspecified atom stereocenters. The Morgan fingerprint density at radius 3 is 2.96 bits per heavy atom. The number of hydrazine groups is 1. The van der Waals surface area contributed by atoms with Crippen LogP contribution in [-0.4, -0.2) is 36.3 Å². The lowest BCUT2D eigenvalue weighted by Crippen LogP contribution is -2.44. The molecule has 24 heavy (non-hydrogen) atoms.